The summed E-state index contributed by atoms with van der Waals surface area (Å²) in [5.74, 6) is -0.619. The molecule has 3 aromatic rings. The van der Waals surface area contributed by atoms with E-state index in [2.05, 4.69) is 4.98 Å². The van der Waals surface area contributed by atoms with E-state index in [9.17, 15) is 19.5 Å². The van der Waals surface area contributed by atoms with E-state index in [0.29, 0.717) is 33.0 Å². The molecule has 0 atom stereocenters. The summed E-state index contributed by atoms with van der Waals surface area (Å²) in [5, 5.41) is 10.3. The molecule has 0 aliphatic carbocycles. The normalized spacial score (nSPS) is 11.1. The Morgan fingerprint density at radius 3 is 2.52 bits per heavy atom. The maximum Gasteiger partial charge on any atom is 0.346 e. The number of carbonyl (C=O) groups excluding carboxylic acids is 1. The van der Waals surface area contributed by atoms with E-state index >= 15 is 0 Å². The molecule has 0 aliphatic rings. The standard InChI is InChI=1S/C19H17ClN2O4S/c1-10(23)7-8-22-14(9-12-3-5-13(20)6-4-12)21-17-15(18(22)24)11(2)16(27-17)19(25)26/h3-6H,7-9H2,1-2H3,(H,25,26). The van der Waals surface area contributed by atoms with Gasteiger partial charge in [-0.3, -0.25) is 14.2 Å². The van der Waals surface area contributed by atoms with E-state index in [-0.39, 0.29) is 29.2 Å². The molecule has 0 saturated heterocycles. The van der Waals surface area contributed by atoms with Gasteiger partial charge in [-0.15, -0.1) is 11.3 Å². The highest BCUT2D eigenvalue weighted by Crippen LogP contribution is 2.28. The van der Waals surface area contributed by atoms with Crippen molar-refractivity contribution in [3.05, 3.63) is 61.5 Å². The first kappa shape index (κ1) is 19.3. The highest BCUT2D eigenvalue weighted by molar-refractivity contribution is 7.20. The topological polar surface area (TPSA) is 89.3 Å². The number of nitrogens with zero attached hydrogens (tertiary/aromatic N) is 2. The van der Waals surface area contributed by atoms with Crippen LogP contribution >= 0.6 is 22.9 Å². The minimum absolute atomic E-state index is 0.0345. The molecule has 2 heterocycles. The molecular weight excluding hydrogens is 388 g/mol. The number of rotatable bonds is 6. The largest absolute Gasteiger partial charge is 0.477 e. The second-order valence-corrected chi connectivity index (χ2v) is 7.72. The number of aromatic nitrogens is 2. The molecular formula is C19H17ClN2O4S. The van der Waals surface area contributed by atoms with E-state index < -0.39 is 5.97 Å². The summed E-state index contributed by atoms with van der Waals surface area (Å²) in [6, 6.07) is 7.20. The van der Waals surface area contributed by atoms with E-state index in [1.807, 2.05) is 12.1 Å². The van der Waals surface area contributed by atoms with Crippen molar-refractivity contribution in [2.45, 2.75) is 33.2 Å². The molecule has 0 fully saturated rings. The molecule has 0 bridgehead atoms. The second-order valence-electron chi connectivity index (χ2n) is 6.28. The summed E-state index contributed by atoms with van der Waals surface area (Å²) in [6.45, 7) is 3.28. The van der Waals surface area contributed by atoms with Crippen LogP contribution in [0.4, 0.5) is 0 Å². The highest BCUT2D eigenvalue weighted by Gasteiger charge is 2.21. The highest BCUT2D eigenvalue weighted by atomic mass is 35.5. The first-order chi connectivity index (χ1) is 12.8. The summed E-state index contributed by atoms with van der Waals surface area (Å²) in [5.41, 5.74) is 1.01. The molecule has 0 aliphatic heterocycles. The fourth-order valence-corrected chi connectivity index (χ4v) is 4.04. The van der Waals surface area contributed by atoms with Crippen molar-refractivity contribution in [1.29, 1.82) is 0 Å². The third kappa shape index (κ3) is 3.94. The van der Waals surface area contributed by atoms with E-state index in [0.717, 1.165) is 16.9 Å². The number of ketones is 1. The van der Waals surface area contributed by atoms with Crippen LogP contribution in [-0.2, 0) is 17.8 Å². The van der Waals surface area contributed by atoms with Crippen molar-refractivity contribution in [3.63, 3.8) is 0 Å². The van der Waals surface area contributed by atoms with Gasteiger partial charge >= 0.3 is 5.97 Å². The van der Waals surface area contributed by atoms with Crippen molar-refractivity contribution in [2.24, 2.45) is 0 Å². The fraction of sp³-hybridized carbons (Fsp3) is 0.263. The third-order valence-corrected chi connectivity index (χ3v) is 5.71. The number of hydrogen-bond acceptors (Lipinski definition) is 5. The molecule has 1 N–H and O–H groups in total. The minimum Gasteiger partial charge on any atom is -0.477 e. The van der Waals surface area contributed by atoms with Crippen molar-refractivity contribution in [2.75, 3.05) is 0 Å². The number of carboxylic acids is 1. The van der Waals surface area contributed by atoms with Crippen LogP contribution in [0.5, 0.6) is 0 Å². The number of halogens is 1. The van der Waals surface area contributed by atoms with Crippen molar-refractivity contribution < 1.29 is 14.7 Å². The van der Waals surface area contributed by atoms with Crippen LogP contribution in [0.2, 0.25) is 5.02 Å². The van der Waals surface area contributed by atoms with Gasteiger partial charge in [-0.1, -0.05) is 23.7 Å². The smallest absolute Gasteiger partial charge is 0.346 e. The number of carbonyl (C=O) groups is 2. The summed E-state index contributed by atoms with van der Waals surface area (Å²) < 4.78 is 1.48. The van der Waals surface area contributed by atoms with Gasteiger partial charge in [0, 0.05) is 24.4 Å². The van der Waals surface area contributed by atoms with Crippen LogP contribution in [0.15, 0.2) is 29.1 Å². The lowest BCUT2D eigenvalue weighted by Gasteiger charge is -2.12. The molecule has 1 aromatic carbocycles. The van der Waals surface area contributed by atoms with Crippen LogP contribution < -0.4 is 5.56 Å². The predicted molar refractivity (Wildman–Crippen MR) is 105 cm³/mol. The van der Waals surface area contributed by atoms with Gasteiger partial charge in [0.15, 0.2) is 0 Å². The maximum absolute atomic E-state index is 13.1. The van der Waals surface area contributed by atoms with Gasteiger partial charge in [0.05, 0.1) is 5.39 Å². The summed E-state index contributed by atoms with van der Waals surface area (Å²) in [4.78, 5) is 41.0. The van der Waals surface area contributed by atoms with Crippen molar-refractivity contribution in [1.82, 2.24) is 9.55 Å². The molecule has 0 radical (unpaired) electrons. The average Bonchev–Trinajstić information content (AvgIpc) is 2.93. The van der Waals surface area contributed by atoms with E-state index in [1.165, 1.54) is 11.5 Å². The lowest BCUT2D eigenvalue weighted by molar-refractivity contribution is -0.117. The third-order valence-electron chi connectivity index (χ3n) is 4.29. The van der Waals surface area contributed by atoms with Crippen LogP contribution in [-0.4, -0.2) is 26.4 Å². The van der Waals surface area contributed by atoms with Gasteiger partial charge in [0.1, 0.15) is 21.3 Å². The zero-order valence-electron chi connectivity index (χ0n) is 14.8. The Labute approximate surface area is 164 Å². The number of carboxylic acid groups (broad SMARTS) is 1. The zero-order valence-corrected chi connectivity index (χ0v) is 16.4. The number of aryl methyl sites for hydroxylation is 1. The summed E-state index contributed by atoms with van der Waals surface area (Å²) in [6.07, 6.45) is 0.579. The second kappa shape index (κ2) is 7.62. The molecule has 27 heavy (non-hydrogen) atoms. The fourth-order valence-electron chi connectivity index (χ4n) is 2.88. The zero-order chi connectivity index (χ0) is 19.7. The molecule has 0 spiro atoms. The minimum atomic E-state index is -1.08. The Bertz CT molecular complexity index is 1100. The molecule has 6 nitrogen and oxygen atoms in total. The van der Waals surface area contributed by atoms with Gasteiger partial charge in [-0.2, -0.15) is 0 Å². The van der Waals surface area contributed by atoms with Gasteiger partial charge in [-0.05, 0) is 37.1 Å². The predicted octanol–water partition coefficient (Wildman–Crippen LogP) is 3.69. The summed E-state index contributed by atoms with van der Waals surface area (Å²) >= 11 is 6.92. The van der Waals surface area contributed by atoms with Crippen LogP contribution in [0.1, 0.15) is 40.0 Å². The van der Waals surface area contributed by atoms with Gasteiger partial charge in [0.2, 0.25) is 0 Å². The number of hydrogen-bond donors (Lipinski definition) is 1. The van der Waals surface area contributed by atoms with Crippen molar-refractivity contribution in [3.8, 4) is 0 Å². The van der Waals surface area contributed by atoms with Crippen LogP contribution in [0.25, 0.3) is 10.2 Å². The molecule has 140 valence electrons. The number of thiophene rings is 1. The van der Waals surface area contributed by atoms with Crippen LogP contribution in [0.3, 0.4) is 0 Å². The van der Waals surface area contributed by atoms with Gasteiger partial charge < -0.3 is 5.11 Å². The first-order valence-corrected chi connectivity index (χ1v) is 9.47. The molecule has 0 unspecified atom stereocenters. The Morgan fingerprint density at radius 2 is 1.93 bits per heavy atom. The van der Waals surface area contributed by atoms with E-state index in [4.69, 9.17) is 11.6 Å². The average molecular weight is 405 g/mol. The van der Waals surface area contributed by atoms with Gasteiger partial charge in [0.25, 0.3) is 5.56 Å². The SMILES string of the molecule is CC(=O)CCn1c(Cc2ccc(Cl)cc2)nc2sc(C(=O)O)c(C)c2c1=O. The molecule has 3 rings (SSSR count). The van der Waals surface area contributed by atoms with Crippen molar-refractivity contribution >= 4 is 44.9 Å². The Morgan fingerprint density at radius 1 is 1.26 bits per heavy atom. The number of aromatic carboxylic acids is 1. The number of benzene rings is 1. The maximum atomic E-state index is 13.1. The Balaban J connectivity index is 2.18. The molecule has 0 amide bonds. The molecule has 0 saturated carbocycles. The quantitative estimate of drug-likeness (QED) is 0.676. The monoisotopic (exact) mass is 404 g/mol. The summed E-state index contributed by atoms with van der Waals surface area (Å²) in [7, 11) is 0. The number of fused-ring (bicyclic) bond motifs is 1. The molecule has 2 aromatic heterocycles. The Kier molecular flexibility index (Phi) is 5.43. The van der Waals surface area contributed by atoms with E-state index in [1.54, 1.807) is 19.1 Å². The van der Waals surface area contributed by atoms with Crippen LogP contribution in [0, 0.1) is 6.92 Å². The first-order valence-electron chi connectivity index (χ1n) is 8.28. The van der Waals surface area contributed by atoms with Gasteiger partial charge in [-0.25, -0.2) is 9.78 Å². The number of Topliss-reactive ketones (excluding diaryl/α,β-unsaturated/α-hetero) is 1. The lowest BCUT2D eigenvalue weighted by atomic mass is 10.1. The Hall–Kier alpha value is -2.51. The molecule has 8 heteroatoms. The lowest BCUT2D eigenvalue weighted by Crippen LogP contribution is -2.26.